The molecule has 0 fully saturated rings. The van der Waals surface area contributed by atoms with Gasteiger partial charge in [0.1, 0.15) is 0 Å². The molecule has 0 spiro atoms. The third kappa shape index (κ3) is 5.77. The molecule has 0 amide bonds. The van der Waals surface area contributed by atoms with Crippen LogP contribution in [0, 0.1) is 0 Å². The monoisotopic (exact) mass is 377 g/mol. The molecule has 0 aromatic heterocycles. The quantitative estimate of drug-likeness (QED) is 0.367. The third-order valence-electron chi connectivity index (χ3n) is 4.77. The van der Waals surface area contributed by atoms with E-state index in [-0.39, 0.29) is 5.97 Å². The lowest BCUT2D eigenvalue weighted by molar-refractivity contribution is -0.137. The average Bonchev–Trinajstić information content (AvgIpc) is 2.70. The Morgan fingerprint density at radius 1 is 0.667 bits per heavy atom. The van der Waals surface area contributed by atoms with Gasteiger partial charge in [0.2, 0.25) is 0 Å². The van der Waals surface area contributed by atoms with Crippen LogP contribution < -0.4 is 0 Å². The highest BCUT2D eigenvalue weighted by Crippen LogP contribution is 2.66. The smallest absolute Gasteiger partial charge is 0.343 e. The maximum atomic E-state index is 12.4. The number of carbonyl (C=O) groups is 1. The lowest BCUT2D eigenvalue weighted by Gasteiger charge is -2.27. The fourth-order valence-corrected chi connectivity index (χ4v) is 7.89. The van der Waals surface area contributed by atoms with E-state index >= 15 is 0 Å². The Morgan fingerprint density at radius 2 is 1.00 bits per heavy atom. The number of carbonyl (C=O) groups excluding carboxylic acids is 1. The first-order chi connectivity index (χ1) is 13.2. The summed E-state index contributed by atoms with van der Waals surface area (Å²) in [6, 6.07) is 31.6. The van der Waals surface area contributed by atoms with E-state index in [9.17, 15) is 4.79 Å². The van der Waals surface area contributed by atoms with Crippen molar-refractivity contribution in [1.29, 1.82) is 0 Å². The third-order valence-corrected chi connectivity index (χ3v) is 8.81. The number of esters is 1. The molecule has 0 atom stereocenters. The first kappa shape index (κ1) is 19.3. The Bertz CT molecular complexity index is 731. The highest BCUT2D eigenvalue weighted by atomic mass is 31.2. The predicted octanol–water partition coefficient (Wildman–Crippen LogP) is 5.78. The number of hydrogen-bond donors (Lipinski definition) is 0. The van der Waals surface area contributed by atoms with E-state index in [1.807, 2.05) is 18.2 Å². The van der Waals surface area contributed by atoms with Gasteiger partial charge in [0, 0.05) is 7.26 Å². The molecular formula is C24H26O2P+. The zero-order valence-corrected chi connectivity index (χ0v) is 16.6. The summed E-state index contributed by atoms with van der Waals surface area (Å²) in [6.45, 7) is 0. The lowest BCUT2D eigenvalue weighted by Crippen LogP contribution is -2.17. The van der Waals surface area contributed by atoms with Gasteiger partial charge in [-0.1, -0.05) is 91.0 Å². The van der Waals surface area contributed by atoms with E-state index in [0.717, 1.165) is 18.5 Å². The van der Waals surface area contributed by atoms with Gasteiger partial charge in [0.15, 0.2) is 6.16 Å². The molecule has 3 aromatic rings. The number of methoxy groups -OCH3 is 1. The van der Waals surface area contributed by atoms with E-state index in [0.29, 0.717) is 6.16 Å². The van der Waals surface area contributed by atoms with Gasteiger partial charge >= 0.3 is 5.97 Å². The van der Waals surface area contributed by atoms with Crippen molar-refractivity contribution in [2.24, 2.45) is 0 Å². The molecule has 0 aliphatic carbocycles. The minimum Gasteiger partial charge on any atom is -0.466 e. The van der Waals surface area contributed by atoms with Gasteiger partial charge < -0.3 is 4.74 Å². The van der Waals surface area contributed by atoms with Gasteiger partial charge in [-0.2, -0.15) is 0 Å². The molecule has 0 saturated heterocycles. The first-order valence-corrected chi connectivity index (χ1v) is 11.8. The zero-order chi connectivity index (χ0) is 19.0. The number of ether oxygens (including phenoxy) is 1. The van der Waals surface area contributed by atoms with E-state index in [2.05, 4.69) is 72.8 Å². The Labute approximate surface area is 162 Å². The van der Waals surface area contributed by atoms with Crippen molar-refractivity contribution in [3.8, 4) is 0 Å². The number of benzene rings is 3. The van der Waals surface area contributed by atoms with E-state index in [4.69, 9.17) is 4.74 Å². The molecule has 27 heavy (non-hydrogen) atoms. The van der Waals surface area contributed by atoms with E-state index < -0.39 is 7.26 Å². The van der Waals surface area contributed by atoms with Gasteiger partial charge in [0.25, 0.3) is 0 Å². The van der Waals surface area contributed by atoms with E-state index in [1.54, 1.807) is 0 Å². The Hall–Kier alpha value is -2.44. The molecule has 138 valence electrons. The maximum absolute atomic E-state index is 12.4. The van der Waals surface area contributed by atoms with Crippen LogP contribution in [0.1, 0.15) is 16.7 Å². The molecule has 0 bridgehead atoms. The average molecular weight is 377 g/mol. The zero-order valence-electron chi connectivity index (χ0n) is 15.8. The fourth-order valence-electron chi connectivity index (χ4n) is 3.59. The normalized spacial score (nSPS) is 11.1. The Kier molecular flexibility index (Phi) is 6.79. The standard InChI is InChI=1S/C24H26O2P/c1-26-24(25)20-27(17-21-11-5-2-6-12-21,18-22-13-7-3-8-14-22)19-23-15-9-4-10-16-23/h2-16H,17-20H2,1H3/q+1. The molecule has 0 aliphatic rings. The highest BCUT2D eigenvalue weighted by molar-refractivity contribution is 7.74. The van der Waals surface area contributed by atoms with Gasteiger partial charge in [-0.25, -0.2) is 4.79 Å². The molecule has 0 unspecified atom stereocenters. The van der Waals surface area contributed by atoms with Crippen LogP contribution in [0.4, 0.5) is 0 Å². The first-order valence-electron chi connectivity index (χ1n) is 9.23. The van der Waals surface area contributed by atoms with Crippen LogP contribution in [0.2, 0.25) is 0 Å². The summed E-state index contributed by atoms with van der Waals surface area (Å²) < 4.78 is 5.11. The van der Waals surface area contributed by atoms with Crippen LogP contribution in [0.5, 0.6) is 0 Å². The molecule has 3 aromatic carbocycles. The van der Waals surface area contributed by atoms with Crippen molar-refractivity contribution in [3.63, 3.8) is 0 Å². The molecule has 0 aliphatic heterocycles. The van der Waals surface area contributed by atoms with Crippen molar-refractivity contribution in [2.45, 2.75) is 18.5 Å². The number of hydrogen-bond acceptors (Lipinski definition) is 2. The van der Waals surface area contributed by atoms with Crippen LogP contribution in [0.25, 0.3) is 0 Å². The largest absolute Gasteiger partial charge is 0.466 e. The highest BCUT2D eigenvalue weighted by Gasteiger charge is 2.41. The summed E-state index contributed by atoms with van der Waals surface area (Å²) in [5.74, 6) is -0.105. The Balaban J connectivity index is 1.99. The second kappa shape index (κ2) is 9.48. The summed E-state index contributed by atoms with van der Waals surface area (Å²) in [7, 11) is -0.218. The molecule has 0 heterocycles. The number of rotatable bonds is 8. The Morgan fingerprint density at radius 3 is 1.30 bits per heavy atom. The molecule has 2 nitrogen and oxygen atoms in total. The molecule has 3 heteroatoms. The van der Waals surface area contributed by atoms with Crippen LogP contribution in [0.3, 0.4) is 0 Å². The molecule has 0 saturated carbocycles. The molecule has 0 N–H and O–H groups in total. The van der Waals surface area contributed by atoms with Crippen molar-refractivity contribution in [2.75, 3.05) is 13.3 Å². The predicted molar refractivity (Wildman–Crippen MR) is 114 cm³/mol. The summed E-state index contributed by atoms with van der Waals surface area (Å²) in [4.78, 5) is 12.4. The van der Waals surface area contributed by atoms with Crippen LogP contribution in [-0.2, 0) is 28.0 Å². The van der Waals surface area contributed by atoms with Gasteiger partial charge in [-0.3, -0.25) is 0 Å². The van der Waals surface area contributed by atoms with Gasteiger partial charge in [-0.05, 0) is 16.7 Å². The van der Waals surface area contributed by atoms with Crippen LogP contribution in [-0.4, -0.2) is 19.2 Å². The minimum absolute atomic E-state index is 0.105. The molecule has 0 radical (unpaired) electrons. The van der Waals surface area contributed by atoms with Crippen LogP contribution in [0.15, 0.2) is 91.0 Å². The lowest BCUT2D eigenvalue weighted by atomic mass is 10.2. The van der Waals surface area contributed by atoms with Gasteiger partial charge in [0.05, 0.1) is 25.6 Å². The van der Waals surface area contributed by atoms with Gasteiger partial charge in [-0.15, -0.1) is 0 Å². The summed E-state index contributed by atoms with van der Waals surface area (Å²) in [5, 5.41) is 0. The van der Waals surface area contributed by atoms with Crippen molar-refractivity contribution < 1.29 is 9.53 Å². The summed E-state index contributed by atoms with van der Waals surface area (Å²) in [6.07, 6.45) is 3.31. The SMILES string of the molecule is COC(=O)C[P+](Cc1ccccc1)(Cc1ccccc1)Cc1ccccc1. The maximum Gasteiger partial charge on any atom is 0.343 e. The van der Waals surface area contributed by atoms with Crippen molar-refractivity contribution in [1.82, 2.24) is 0 Å². The fraction of sp³-hybridized carbons (Fsp3) is 0.208. The van der Waals surface area contributed by atoms with E-state index in [1.165, 1.54) is 23.8 Å². The minimum atomic E-state index is -1.71. The van der Waals surface area contributed by atoms with Crippen molar-refractivity contribution >= 4 is 13.2 Å². The second-order valence-corrected chi connectivity index (χ2v) is 11.0. The topological polar surface area (TPSA) is 26.3 Å². The molecular weight excluding hydrogens is 351 g/mol. The second-order valence-electron chi connectivity index (χ2n) is 7.01. The summed E-state index contributed by atoms with van der Waals surface area (Å²) >= 11 is 0. The van der Waals surface area contributed by atoms with Crippen LogP contribution >= 0.6 is 7.26 Å². The van der Waals surface area contributed by atoms with Crippen molar-refractivity contribution in [3.05, 3.63) is 108 Å². The summed E-state index contributed by atoms with van der Waals surface area (Å²) in [5.41, 5.74) is 3.88. The molecule has 3 rings (SSSR count).